The minimum absolute atomic E-state index is 0.0227. The molecule has 4 N–H and O–H groups in total. The van der Waals surface area contributed by atoms with Crippen LogP contribution >= 0.6 is 31.9 Å². The highest BCUT2D eigenvalue weighted by Crippen LogP contribution is 2.31. The van der Waals surface area contributed by atoms with Gasteiger partial charge in [0, 0.05) is 14.9 Å². The van der Waals surface area contributed by atoms with Crippen LogP contribution in [0.3, 0.4) is 0 Å². The highest BCUT2D eigenvalue weighted by atomic mass is 79.9. The van der Waals surface area contributed by atoms with Gasteiger partial charge in [-0.15, -0.1) is 0 Å². The number of hydrogen-bond donors (Lipinski definition) is 3. The van der Waals surface area contributed by atoms with E-state index in [2.05, 4.69) is 37.2 Å². The maximum absolute atomic E-state index is 11.9. The molecule has 19 heavy (non-hydrogen) atoms. The van der Waals surface area contributed by atoms with Crippen molar-refractivity contribution in [2.45, 2.75) is 13.3 Å². The third kappa shape index (κ3) is 4.29. The lowest BCUT2D eigenvalue weighted by molar-refractivity contribution is -0.119. The molecule has 104 valence electrons. The fraction of sp³-hybridized carbons (Fsp3) is 0.333. The van der Waals surface area contributed by atoms with E-state index in [9.17, 15) is 9.59 Å². The number of carboxylic acids is 1. The lowest BCUT2D eigenvalue weighted by Gasteiger charge is -2.14. The lowest BCUT2D eigenvalue weighted by Crippen LogP contribution is -2.24. The molecule has 0 saturated heterocycles. The molecule has 5 nitrogen and oxygen atoms in total. The first-order valence-electron chi connectivity index (χ1n) is 5.60. The highest BCUT2D eigenvalue weighted by Gasteiger charge is 2.19. The Balaban J connectivity index is 3.06. The molecular weight excluding hydrogens is 380 g/mol. The number of benzene rings is 1. The summed E-state index contributed by atoms with van der Waals surface area (Å²) in [4.78, 5) is 23.1. The first kappa shape index (κ1) is 16.1. The fourth-order valence-corrected chi connectivity index (χ4v) is 2.82. The van der Waals surface area contributed by atoms with Gasteiger partial charge >= 0.3 is 5.97 Å². The number of hydrogen-bond acceptors (Lipinski definition) is 3. The molecule has 1 aromatic rings. The van der Waals surface area contributed by atoms with Crippen LogP contribution in [0, 0.1) is 5.92 Å². The Morgan fingerprint density at radius 1 is 1.42 bits per heavy atom. The van der Waals surface area contributed by atoms with E-state index in [1.807, 2.05) is 0 Å². The van der Waals surface area contributed by atoms with Crippen molar-refractivity contribution in [2.75, 3.05) is 11.9 Å². The molecule has 7 heteroatoms. The van der Waals surface area contributed by atoms with Gasteiger partial charge in [-0.1, -0.05) is 22.9 Å². The topological polar surface area (TPSA) is 92.4 Å². The zero-order valence-electron chi connectivity index (χ0n) is 10.2. The van der Waals surface area contributed by atoms with Gasteiger partial charge in [0.1, 0.15) is 0 Å². The van der Waals surface area contributed by atoms with E-state index in [1.165, 1.54) is 6.07 Å². The number of nitrogens with two attached hydrogens (primary N) is 1. The van der Waals surface area contributed by atoms with Gasteiger partial charge in [-0.3, -0.25) is 4.79 Å². The van der Waals surface area contributed by atoms with Crippen LogP contribution in [0.25, 0.3) is 0 Å². The normalized spacial score (nSPS) is 12.0. The van der Waals surface area contributed by atoms with Crippen molar-refractivity contribution >= 4 is 49.4 Å². The molecule has 0 aliphatic rings. The fourth-order valence-electron chi connectivity index (χ4n) is 1.50. The number of amides is 1. The van der Waals surface area contributed by atoms with Crippen LogP contribution in [-0.4, -0.2) is 23.5 Å². The molecule has 0 aromatic heterocycles. The number of nitrogens with one attached hydrogen (secondary N) is 1. The van der Waals surface area contributed by atoms with Gasteiger partial charge < -0.3 is 16.2 Å². The summed E-state index contributed by atoms with van der Waals surface area (Å²) in [5.74, 6) is -1.64. The maximum Gasteiger partial charge on any atom is 0.337 e. The molecule has 0 radical (unpaired) electrons. The summed E-state index contributed by atoms with van der Waals surface area (Å²) in [5, 5.41) is 11.8. The second-order valence-electron chi connectivity index (χ2n) is 4.08. The second kappa shape index (κ2) is 7.02. The van der Waals surface area contributed by atoms with E-state index in [4.69, 9.17) is 10.8 Å². The number of carbonyl (C=O) groups excluding carboxylic acids is 1. The summed E-state index contributed by atoms with van der Waals surface area (Å²) in [6.07, 6.45) is 0.544. The number of carboxylic acid groups (broad SMARTS) is 1. The van der Waals surface area contributed by atoms with Crippen molar-refractivity contribution in [3.05, 3.63) is 26.6 Å². The summed E-state index contributed by atoms with van der Waals surface area (Å²) in [7, 11) is 0. The first-order chi connectivity index (χ1) is 8.86. The number of halogens is 2. The van der Waals surface area contributed by atoms with Gasteiger partial charge in [0.25, 0.3) is 0 Å². The number of anilines is 1. The predicted molar refractivity (Wildman–Crippen MR) is 80.3 cm³/mol. The largest absolute Gasteiger partial charge is 0.478 e. The summed E-state index contributed by atoms with van der Waals surface area (Å²) < 4.78 is 1.12. The standard InChI is InChI=1S/C12H14Br2N2O3/c1-6(2-3-15)11(17)16-10-8(12(18)19)4-7(13)5-9(10)14/h4-6H,2-3,15H2,1H3,(H,16,17)(H,18,19). The Morgan fingerprint density at radius 3 is 2.58 bits per heavy atom. The Morgan fingerprint density at radius 2 is 2.05 bits per heavy atom. The van der Waals surface area contributed by atoms with Crippen molar-refractivity contribution in [3.63, 3.8) is 0 Å². The van der Waals surface area contributed by atoms with Crippen molar-refractivity contribution in [1.29, 1.82) is 0 Å². The Bertz CT molecular complexity index is 506. The van der Waals surface area contributed by atoms with Gasteiger partial charge in [0.15, 0.2) is 0 Å². The summed E-state index contributed by atoms with van der Waals surface area (Å²) >= 11 is 6.46. The zero-order valence-corrected chi connectivity index (χ0v) is 13.4. The molecule has 1 amide bonds. The molecule has 0 aliphatic heterocycles. The molecule has 0 heterocycles. The van der Waals surface area contributed by atoms with E-state index in [-0.39, 0.29) is 23.1 Å². The average Bonchev–Trinajstić information content (AvgIpc) is 2.32. The quantitative estimate of drug-likeness (QED) is 0.717. The molecule has 1 aromatic carbocycles. The molecule has 0 fully saturated rings. The molecule has 1 rings (SSSR count). The van der Waals surface area contributed by atoms with Gasteiger partial charge in [-0.25, -0.2) is 4.79 Å². The smallest absolute Gasteiger partial charge is 0.337 e. The van der Waals surface area contributed by atoms with Crippen molar-refractivity contribution < 1.29 is 14.7 Å². The Labute approximate surface area is 127 Å². The van der Waals surface area contributed by atoms with E-state index in [0.717, 1.165) is 0 Å². The second-order valence-corrected chi connectivity index (χ2v) is 5.85. The van der Waals surface area contributed by atoms with Gasteiger partial charge in [-0.05, 0) is 41.0 Å². The molecule has 0 saturated carbocycles. The molecule has 0 spiro atoms. The monoisotopic (exact) mass is 392 g/mol. The number of carbonyl (C=O) groups is 2. The zero-order chi connectivity index (χ0) is 14.6. The average molecular weight is 394 g/mol. The molecule has 0 aliphatic carbocycles. The van der Waals surface area contributed by atoms with Gasteiger partial charge in [-0.2, -0.15) is 0 Å². The van der Waals surface area contributed by atoms with Crippen LogP contribution in [0.5, 0.6) is 0 Å². The predicted octanol–water partition coefficient (Wildman–Crippen LogP) is 2.83. The van der Waals surface area contributed by atoms with E-state index < -0.39 is 5.97 Å². The SMILES string of the molecule is CC(CCN)C(=O)Nc1c(Br)cc(Br)cc1C(=O)O. The van der Waals surface area contributed by atoms with Crippen LogP contribution in [-0.2, 0) is 4.79 Å². The first-order valence-corrected chi connectivity index (χ1v) is 7.18. The maximum atomic E-state index is 11.9. The van der Waals surface area contributed by atoms with Crippen LogP contribution in [0.1, 0.15) is 23.7 Å². The molecule has 0 bridgehead atoms. The minimum atomic E-state index is -1.11. The lowest BCUT2D eigenvalue weighted by atomic mass is 10.1. The third-order valence-electron chi connectivity index (χ3n) is 2.58. The molecule has 1 atom stereocenters. The summed E-state index contributed by atoms with van der Waals surface area (Å²) in [6, 6.07) is 3.12. The Kier molecular flexibility index (Phi) is 5.96. The van der Waals surface area contributed by atoms with Crippen LogP contribution in [0.15, 0.2) is 21.1 Å². The van der Waals surface area contributed by atoms with E-state index in [1.54, 1.807) is 13.0 Å². The van der Waals surface area contributed by atoms with Crippen molar-refractivity contribution in [2.24, 2.45) is 11.7 Å². The van der Waals surface area contributed by atoms with Gasteiger partial charge in [0.2, 0.25) is 5.91 Å². The van der Waals surface area contributed by atoms with Gasteiger partial charge in [0.05, 0.1) is 11.3 Å². The highest BCUT2D eigenvalue weighted by molar-refractivity contribution is 9.11. The van der Waals surface area contributed by atoms with Crippen molar-refractivity contribution in [1.82, 2.24) is 0 Å². The van der Waals surface area contributed by atoms with E-state index in [0.29, 0.717) is 21.9 Å². The third-order valence-corrected chi connectivity index (χ3v) is 3.66. The number of rotatable bonds is 5. The van der Waals surface area contributed by atoms with Crippen LogP contribution in [0.2, 0.25) is 0 Å². The summed E-state index contributed by atoms with van der Waals surface area (Å²) in [5.41, 5.74) is 5.68. The molecule has 1 unspecified atom stereocenters. The number of aromatic carboxylic acids is 1. The van der Waals surface area contributed by atoms with Crippen LogP contribution < -0.4 is 11.1 Å². The molecular formula is C12H14Br2N2O3. The minimum Gasteiger partial charge on any atom is -0.478 e. The van der Waals surface area contributed by atoms with Crippen molar-refractivity contribution in [3.8, 4) is 0 Å². The summed E-state index contributed by atoms with van der Waals surface area (Å²) in [6.45, 7) is 2.15. The Hall–Kier alpha value is -0.920. The van der Waals surface area contributed by atoms with E-state index >= 15 is 0 Å². The van der Waals surface area contributed by atoms with Crippen LogP contribution in [0.4, 0.5) is 5.69 Å².